The van der Waals surface area contributed by atoms with E-state index in [1.165, 1.54) is 32.1 Å². The van der Waals surface area contributed by atoms with Crippen molar-refractivity contribution >= 4 is 5.96 Å². The van der Waals surface area contributed by atoms with Crippen LogP contribution in [-0.2, 0) is 14.2 Å². The minimum atomic E-state index is 0.360. The van der Waals surface area contributed by atoms with Crippen LogP contribution >= 0.6 is 0 Å². The summed E-state index contributed by atoms with van der Waals surface area (Å²) in [5.74, 6) is 0.857. The van der Waals surface area contributed by atoms with Gasteiger partial charge in [0.1, 0.15) is 0 Å². The third-order valence-electron chi connectivity index (χ3n) is 5.05. The molecule has 0 spiro atoms. The Morgan fingerprint density at radius 2 is 1.65 bits per heavy atom. The van der Waals surface area contributed by atoms with Gasteiger partial charge in [0.2, 0.25) is 0 Å². The average molecular weight is 372 g/mol. The zero-order valence-corrected chi connectivity index (χ0v) is 17.3. The van der Waals surface area contributed by atoms with E-state index in [-0.39, 0.29) is 0 Å². The van der Waals surface area contributed by atoms with Crippen molar-refractivity contribution in [3.05, 3.63) is 0 Å². The van der Waals surface area contributed by atoms with Gasteiger partial charge in [-0.25, -0.2) is 0 Å². The van der Waals surface area contributed by atoms with Gasteiger partial charge in [-0.1, -0.05) is 26.2 Å². The summed E-state index contributed by atoms with van der Waals surface area (Å²) in [5, 5.41) is 6.84. The van der Waals surface area contributed by atoms with Crippen molar-refractivity contribution in [1.82, 2.24) is 10.6 Å². The third-order valence-corrected chi connectivity index (χ3v) is 5.05. The van der Waals surface area contributed by atoms with E-state index in [9.17, 15) is 0 Å². The van der Waals surface area contributed by atoms with Gasteiger partial charge in [0.05, 0.1) is 19.8 Å². The number of hydrogen-bond donors (Lipinski definition) is 2. The van der Waals surface area contributed by atoms with Gasteiger partial charge >= 0.3 is 0 Å². The molecule has 1 fully saturated rings. The lowest BCUT2D eigenvalue weighted by atomic mass is 9.83. The molecule has 0 bridgehead atoms. The predicted molar refractivity (Wildman–Crippen MR) is 108 cm³/mol. The molecule has 1 aliphatic carbocycles. The first-order valence-electron chi connectivity index (χ1n) is 10.4. The second-order valence-corrected chi connectivity index (χ2v) is 7.08. The molecule has 6 nitrogen and oxygen atoms in total. The molecular formula is C20H41N3O3. The number of rotatable bonds is 15. The van der Waals surface area contributed by atoms with Crippen LogP contribution in [-0.4, -0.2) is 65.7 Å². The number of unbranched alkanes of at least 4 members (excludes halogenated alkanes) is 1. The largest absolute Gasteiger partial charge is 0.382 e. The van der Waals surface area contributed by atoms with Crippen LogP contribution in [0.5, 0.6) is 0 Å². The van der Waals surface area contributed by atoms with E-state index in [1.807, 2.05) is 7.05 Å². The van der Waals surface area contributed by atoms with E-state index < -0.39 is 0 Å². The quantitative estimate of drug-likeness (QED) is 0.263. The zero-order valence-electron chi connectivity index (χ0n) is 17.3. The zero-order chi connectivity index (χ0) is 18.9. The SMILES string of the molecule is CCCCOCCOCCNC(=NC)NCC1(CCOCC)CCCC1. The second kappa shape index (κ2) is 15.2. The summed E-state index contributed by atoms with van der Waals surface area (Å²) in [6.45, 7) is 10.4. The number of guanidine groups is 1. The van der Waals surface area contributed by atoms with Crippen molar-refractivity contribution in [1.29, 1.82) is 0 Å². The van der Waals surface area contributed by atoms with Crippen LogP contribution in [0.25, 0.3) is 0 Å². The molecule has 0 aromatic carbocycles. The highest BCUT2D eigenvalue weighted by Gasteiger charge is 2.33. The van der Waals surface area contributed by atoms with E-state index in [2.05, 4.69) is 29.5 Å². The molecule has 26 heavy (non-hydrogen) atoms. The Bertz CT molecular complexity index is 358. The number of aliphatic imine (C=N–C) groups is 1. The molecule has 1 aliphatic rings. The van der Waals surface area contributed by atoms with Crippen molar-refractivity contribution in [2.45, 2.75) is 58.8 Å². The summed E-state index contributed by atoms with van der Waals surface area (Å²) in [7, 11) is 1.82. The van der Waals surface area contributed by atoms with Gasteiger partial charge in [-0.3, -0.25) is 4.99 Å². The number of nitrogens with zero attached hydrogens (tertiary/aromatic N) is 1. The monoisotopic (exact) mass is 371 g/mol. The van der Waals surface area contributed by atoms with Crippen LogP contribution in [0, 0.1) is 5.41 Å². The van der Waals surface area contributed by atoms with E-state index >= 15 is 0 Å². The Labute approximate surface area is 160 Å². The molecule has 0 aromatic rings. The Balaban J connectivity index is 2.13. The first kappa shape index (κ1) is 23.2. The molecule has 6 heteroatoms. The molecular weight excluding hydrogens is 330 g/mol. The van der Waals surface area contributed by atoms with Crippen molar-refractivity contribution < 1.29 is 14.2 Å². The first-order chi connectivity index (χ1) is 12.8. The Morgan fingerprint density at radius 1 is 0.923 bits per heavy atom. The van der Waals surface area contributed by atoms with Crippen LogP contribution in [0.15, 0.2) is 4.99 Å². The standard InChI is InChI=1S/C20H41N3O3/c1-4-6-13-25-16-17-26-15-12-22-19(21-3)23-18-20(9-7-8-10-20)11-14-24-5-2/h4-18H2,1-3H3,(H2,21,22,23). The van der Waals surface area contributed by atoms with Crippen LogP contribution < -0.4 is 10.6 Å². The molecule has 154 valence electrons. The van der Waals surface area contributed by atoms with Crippen molar-refractivity contribution in [3.63, 3.8) is 0 Å². The van der Waals surface area contributed by atoms with Crippen LogP contribution in [0.3, 0.4) is 0 Å². The normalized spacial score (nSPS) is 16.8. The Hall–Kier alpha value is -0.850. The molecule has 0 radical (unpaired) electrons. The molecule has 0 unspecified atom stereocenters. The summed E-state index contributed by atoms with van der Waals surface area (Å²) in [6.07, 6.45) is 8.64. The second-order valence-electron chi connectivity index (χ2n) is 7.08. The minimum absolute atomic E-state index is 0.360. The van der Waals surface area contributed by atoms with Crippen LogP contribution in [0.4, 0.5) is 0 Å². The van der Waals surface area contributed by atoms with Gasteiger partial charge in [-0.2, -0.15) is 0 Å². The van der Waals surface area contributed by atoms with Crippen molar-refractivity contribution in [2.75, 3.05) is 59.8 Å². The average Bonchev–Trinajstić information content (AvgIpc) is 3.12. The molecule has 0 saturated heterocycles. The molecule has 0 aliphatic heterocycles. The van der Waals surface area contributed by atoms with Gasteiger partial charge in [0, 0.05) is 40.0 Å². The minimum Gasteiger partial charge on any atom is -0.382 e. The molecule has 1 saturated carbocycles. The molecule has 0 aromatic heterocycles. The van der Waals surface area contributed by atoms with E-state index in [0.29, 0.717) is 25.2 Å². The maximum atomic E-state index is 5.59. The Morgan fingerprint density at radius 3 is 2.31 bits per heavy atom. The molecule has 0 atom stereocenters. The smallest absolute Gasteiger partial charge is 0.191 e. The van der Waals surface area contributed by atoms with Crippen molar-refractivity contribution in [3.8, 4) is 0 Å². The Kier molecular flexibility index (Phi) is 13.6. The van der Waals surface area contributed by atoms with E-state index in [1.54, 1.807) is 0 Å². The number of nitrogens with one attached hydrogen (secondary N) is 2. The molecule has 2 N–H and O–H groups in total. The maximum Gasteiger partial charge on any atom is 0.191 e. The number of hydrogen-bond acceptors (Lipinski definition) is 4. The summed E-state index contributed by atoms with van der Waals surface area (Å²) in [6, 6.07) is 0. The molecule has 0 heterocycles. The molecule has 0 amide bonds. The lowest BCUT2D eigenvalue weighted by Gasteiger charge is -2.30. The summed E-state index contributed by atoms with van der Waals surface area (Å²) in [5.41, 5.74) is 0.360. The summed E-state index contributed by atoms with van der Waals surface area (Å²) >= 11 is 0. The molecule has 1 rings (SSSR count). The lowest BCUT2D eigenvalue weighted by Crippen LogP contribution is -2.44. The fourth-order valence-corrected chi connectivity index (χ4v) is 3.37. The lowest BCUT2D eigenvalue weighted by molar-refractivity contribution is 0.0487. The van der Waals surface area contributed by atoms with Gasteiger partial charge < -0.3 is 24.8 Å². The third kappa shape index (κ3) is 10.3. The highest BCUT2D eigenvalue weighted by atomic mass is 16.5. The van der Waals surface area contributed by atoms with Crippen LogP contribution in [0.2, 0.25) is 0 Å². The summed E-state index contributed by atoms with van der Waals surface area (Å²) < 4.78 is 16.6. The van der Waals surface area contributed by atoms with Gasteiger partial charge in [0.15, 0.2) is 5.96 Å². The van der Waals surface area contributed by atoms with E-state index in [0.717, 1.165) is 51.7 Å². The predicted octanol–water partition coefficient (Wildman–Crippen LogP) is 2.97. The first-order valence-corrected chi connectivity index (χ1v) is 10.4. The van der Waals surface area contributed by atoms with Gasteiger partial charge in [0.25, 0.3) is 0 Å². The van der Waals surface area contributed by atoms with Crippen molar-refractivity contribution in [2.24, 2.45) is 10.4 Å². The maximum absolute atomic E-state index is 5.59. The fraction of sp³-hybridized carbons (Fsp3) is 0.950. The highest BCUT2D eigenvalue weighted by molar-refractivity contribution is 5.79. The highest BCUT2D eigenvalue weighted by Crippen LogP contribution is 2.40. The van der Waals surface area contributed by atoms with Gasteiger partial charge in [-0.15, -0.1) is 0 Å². The van der Waals surface area contributed by atoms with Crippen LogP contribution in [0.1, 0.15) is 58.8 Å². The summed E-state index contributed by atoms with van der Waals surface area (Å²) in [4.78, 5) is 4.33. The number of ether oxygens (including phenoxy) is 3. The van der Waals surface area contributed by atoms with Gasteiger partial charge in [-0.05, 0) is 38.0 Å². The van der Waals surface area contributed by atoms with E-state index in [4.69, 9.17) is 14.2 Å². The topological polar surface area (TPSA) is 64.1 Å². The fourth-order valence-electron chi connectivity index (χ4n) is 3.37.